The third-order valence-electron chi connectivity index (χ3n) is 6.00. The summed E-state index contributed by atoms with van der Waals surface area (Å²) in [5, 5.41) is 8.96. The lowest BCUT2D eigenvalue weighted by atomic mass is 10.2. The molecule has 5 rings (SSSR count). The van der Waals surface area contributed by atoms with Crippen LogP contribution in [0.2, 0.25) is 0 Å². The number of rotatable bonds is 4. The van der Waals surface area contributed by atoms with E-state index in [0.29, 0.717) is 31.7 Å². The van der Waals surface area contributed by atoms with Crippen LogP contribution in [-0.2, 0) is 0 Å². The molecule has 33 heavy (non-hydrogen) atoms. The van der Waals surface area contributed by atoms with Crippen LogP contribution in [0.4, 0.5) is 5.82 Å². The second-order valence-electron chi connectivity index (χ2n) is 8.24. The molecule has 0 bridgehead atoms. The van der Waals surface area contributed by atoms with E-state index in [-0.39, 0.29) is 5.91 Å². The zero-order valence-electron chi connectivity index (χ0n) is 19.0. The standard InChI is InChI=1S/C24H26N8O/c1-17-13-18(2)31(28-17)23-14-22(25-16-26-23)29-9-11-30(12-10-29)24(33)21-15-27-32(19(21)3)20-7-5-4-6-8-20/h4-8,13-16H,9-12H2,1-3H3. The second kappa shape index (κ2) is 8.50. The maximum Gasteiger partial charge on any atom is 0.257 e. The van der Waals surface area contributed by atoms with Crippen molar-refractivity contribution in [3.8, 4) is 11.5 Å². The van der Waals surface area contributed by atoms with Crippen LogP contribution >= 0.6 is 0 Å². The lowest BCUT2D eigenvalue weighted by Crippen LogP contribution is -2.49. The summed E-state index contributed by atoms with van der Waals surface area (Å²) in [6.45, 7) is 8.55. The molecule has 3 aromatic heterocycles. The molecule has 9 heteroatoms. The molecular weight excluding hydrogens is 416 g/mol. The fraction of sp³-hybridized carbons (Fsp3) is 0.292. The average molecular weight is 443 g/mol. The lowest BCUT2D eigenvalue weighted by Gasteiger charge is -2.35. The Bertz CT molecular complexity index is 1290. The third-order valence-corrected chi connectivity index (χ3v) is 6.00. The van der Waals surface area contributed by atoms with Gasteiger partial charge >= 0.3 is 0 Å². The smallest absolute Gasteiger partial charge is 0.257 e. The number of aryl methyl sites for hydroxylation is 2. The molecule has 168 valence electrons. The van der Waals surface area contributed by atoms with Crippen molar-refractivity contribution in [2.75, 3.05) is 31.1 Å². The molecule has 4 heterocycles. The van der Waals surface area contributed by atoms with Crippen molar-refractivity contribution in [1.82, 2.24) is 34.4 Å². The SMILES string of the molecule is Cc1cc(C)n(-c2cc(N3CCN(C(=O)c4cnn(-c5ccccc5)c4C)CC3)ncn2)n1. The summed E-state index contributed by atoms with van der Waals surface area (Å²) in [7, 11) is 0. The van der Waals surface area contributed by atoms with Gasteiger partial charge in [0.1, 0.15) is 12.1 Å². The molecule has 0 unspecified atom stereocenters. The molecular formula is C24H26N8O. The highest BCUT2D eigenvalue weighted by molar-refractivity contribution is 5.95. The zero-order chi connectivity index (χ0) is 22.9. The summed E-state index contributed by atoms with van der Waals surface area (Å²) in [6.07, 6.45) is 3.24. The molecule has 1 amide bonds. The Morgan fingerprint density at radius 1 is 0.879 bits per heavy atom. The Balaban J connectivity index is 1.28. The van der Waals surface area contributed by atoms with Crippen molar-refractivity contribution >= 4 is 11.7 Å². The largest absolute Gasteiger partial charge is 0.353 e. The maximum atomic E-state index is 13.2. The highest BCUT2D eigenvalue weighted by atomic mass is 16.2. The topological polar surface area (TPSA) is 85.0 Å². The van der Waals surface area contributed by atoms with E-state index in [0.717, 1.165) is 34.4 Å². The summed E-state index contributed by atoms with van der Waals surface area (Å²) >= 11 is 0. The van der Waals surface area contributed by atoms with Crippen molar-refractivity contribution in [2.45, 2.75) is 20.8 Å². The van der Waals surface area contributed by atoms with Gasteiger partial charge in [0.15, 0.2) is 5.82 Å². The first-order valence-corrected chi connectivity index (χ1v) is 11.0. The normalized spacial score (nSPS) is 14.0. The van der Waals surface area contributed by atoms with Gasteiger partial charge in [-0.05, 0) is 39.0 Å². The van der Waals surface area contributed by atoms with Gasteiger partial charge in [-0.25, -0.2) is 19.3 Å². The first-order valence-electron chi connectivity index (χ1n) is 11.0. The Morgan fingerprint density at radius 3 is 2.30 bits per heavy atom. The van der Waals surface area contributed by atoms with E-state index in [2.05, 4.69) is 25.1 Å². The molecule has 0 aliphatic carbocycles. The van der Waals surface area contributed by atoms with E-state index in [1.54, 1.807) is 12.5 Å². The highest BCUT2D eigenvalue weighted by Crippen LogP contribution is 2.20. The van der Waals surface area contributed by atoms with Crippen LogP contribution < -0.4 is 4.90 Å². The summed E-state index contributed by atoms with van der Waals surface area (Å²) < 4.78 is 3.64. The molecule has 1 saturated heterocycles. The predicted molar refractivity (Wildman–Crippen MR) is 125 cm³/mol. The molecule has 1 aromatic carbocycles. The van der Waals surface area contributed by atoms with E-state index in [1.807, 2.05) is 77.5 Å². The quantitative estimate of drug-likeness (QED) is 0.483. The Morgan fingerprint density at radius 2 is 1.61 bits per heavy atom. The molecule has 0 saturated carbocycles. The molecule has 9 nitrogen and oxygen atoms in total. The summed E-state index contributed by atoms with van der Waals surface area (Å²) in [5.41, 5.74) is 4.41. The minimum absolute atomic E-state index is 0.0142. The van der Waals surface area contributed by atoms with Gasteiger partial charge in [-0.2, -0.15) is 10.2 Å². The first-order chi connectivity index (χ1) is 16.0. The van der Waals surface area contributed by atoms with Crippen molar-refractivity contribution < 1.29 is 4.79 Å². The van der Waals surface area contributed by atoms with E-state index < -0.39 is 0 Å². The van der Waals surface area contributed by atoms with Crippen LogP contribution in [-0.4, -0.2) is 66.5 Å². The number of benzene rings is 1. The molecule has 1 aliphatic heterocycles. The van der Waals surface area contributed by atoms with Gasteiger partial charge in [0.05, 0.1) is 28.8 Å². The maximum absolute atomic E-state index is 13.2. The number of carbonyl (C=O) groups excluding carboxylic acids is 1. The Labute approximate surface area is 192 Å². The van der Waals surface area contributed by atoms with E-state index in [4.69, 9.17) is 0 Å². The minimum atomic E-state index is 0.0142. The van der Waals surface area contributed by atoms with Crippen LogP contribution in [0.1, 0.15) is 27.4 Å². The van der Waals surface area contributed by atoms with Crippen LogP contribution in [0.25, 0.3) is 11.5 Å². The van der Waals surface area contributed by atoms with Crippen molar-refractivity contribution in [3.63, 3.8) is 0 Å². The van der Waals surface area contributed by atoms with Crippen molar-refractivity contribution in [3.05, 3.63) is 77.6 Å². The minimum Gasteiger partial charge on any atom is -0.353 e. The number of carbonyl (C=O) groups is 1. The molecule has 0 N–H and O–H groups in total. The fourth-order valence-corrected chi connectivity index (χ4v) is 4.24. The Hall–Kier alpha value is -4.01. The first kappa shape index (κ1) is 20.9. The number of piperazine rings is 1. The number of hydrogen-bond acceptors (Lipinski definition) is 6. The lowest BCUT2D eigenvalue weighted by molar-refractivity contribution is 0.0745. The van der Waals surface area contributed by atoms with Crippen molar-refractivity contribution in [1.29, 1.82) is 0 Å². The van der Waals surface area contributed by atoms with E-state index in [9.17, 15) is 4.79 Å². The number of nitrogens with zero attached hydrogens (tertiary/aromatic N) is 8. The van der Waals surface area contributed by atoms with Gasteiger partial charge < -0.3 is 9.80 Å². The highest BCUT2D eigenvalue weighted by Gasteiger charge is 2.26. The number of amides is 1. The Kier molecular flexibility index (Phi) is 5.37. The van der Waals surface area contributed by atoms with Crippen LogP contribution in [0, 0.1) is 20.8 Å². The zero-order valence-corrected chi connectivity index (χ0v) is 19.0. The summed E-state index contributed by atoms with van der Waals surface area (Å²) in [5.74, 6) is 1.60. The van der Waals surface area contributed by atoms with Gasteiger partial charge in [0.25, 0.3) is 5.91 Å². The van der Waals surface area contributed by atoms with Crippen molar-refractivity contribution in [2.24, 2.45) is 0 Å². The number of aromatic nitrogens is 6. The van der Waals surface area contributed by atoms with Gasteiger partial charge in [-0.3, -0.25) is 4.79 Å². The van der Waals surface area contributed by atoms with Gasteiger partial charge in [-0.15, -0.1) is 0 Å². The van der Waals surface area contributed by atoms with E-state index >= 15 is 0 Å². The third kappa shape index (κ3) is 3.97. The second-order valence-corrected chi connectivity index (χ2v) is 8.24. The molecule has 1 fully saturated rings. The van der Waals surface area contributed by atoms with Crippen LogP contribution in [0.3, 0.4) is 0 Å². The fourth-order valence-electron chi connectivity index (χ4n) is 4.24. The number of anilines is 1. The monoisotopic (exact) mass is 442 g/mol. The number of para-hydroxylation sites is 1. The van der Waals surface area contributed by atoms with Crippen LogP contribution in [0.5, 0.6) is 0 Å². The van der Waals surface area contributed by atoms with Gasteiger partial charge in [0.2, 0.25) is 0 Å². The number of hydrogen-bond donors (Lipinski definition) is 0. The predicted octanol–water partition coefficient (Wildman–Crippen LogP) is 2.74. The average Bonchev–Trinajstić information content (AvgIpc) is 3.40. The molecule has 0 radical (unpaired) electrons. The molecule has 0 spiro atoms. The molecule has 4 aromatic rings. The van der Waals surface area contributed by atoms with Crippen LogP contribution in [0.15, 0.2) is 55.0 Å². The van der Waals surface area contributed by atoms with Gasteiger partial charge in [-0.1, -0.05) is 18.2 Å². The molecule has 1 aliphatic rings. The summed E-state index contributed by atoms with van der Waals surface area (Å²) in [4.78, 5) is 26.1. The molecule has 0 atom stereocenters. The van der Waals surface area contributed by atoms with E-state index in [1.165, 1.54) is 0 Å². The van der Waals surface area contributed by atoms with Gasteiger partial charge in [0, 0.05) is 37.9 Å². The summed E-state index contributed by atoms with van der Waals surface area (Å²) in [6, 6.07) is 13.8.